The molecule has 0 unspecified atom stereocenters. The summed E-state index contributed by atoms with van der Waals surface area (Å²) in [5, 5.41) is 3.43. The summed E-state index contributed by atoms with van der Waals surface area (Å²) < 4.78 is 0. The fourth-order valence-electron chi connectivity index (χ4n) is 2.00. The number of hydrogen-bond donors (Lipinski definition) is 1. The Morgan fingerprint density at radius 3 is 2.42 bits per heavy atom. The molecule has 1 nitrogen and oxygen atoms in total. The third-order valence-electron chi connectivity index (χ3n) is 2.95. The molecular weight excluding hydrogens is 257 g/mol. The minimum Gasteiger partial charge on any atom is -0.356 e. The van der Waals surface area contributed by atoms with Gasteiger partial charge in [-0.1, -0.05) is 36.8 Å². The minimum absolute atomic E-state index is 0. The van der Waals surface area contributed by atoms with E-state index in [-0.39, 0.29) is 51.4 Å². The molecule has 2 aromatic rings. The minimum atomic E-state index is 0. The van der Waals surface area contributed by atoms with Crippen LogP contribution in [0.4, 0.5) is 11.4 Å². The van der Waals surface area contributed by atoms with E-state index in [9.17, 15) is 0 Å². The number of rotatable bonds is 6. The Hall–Kier alpha value is -0.124. The Bertz CT molecular complexity index is 468. The van der Waals surface area contributed by atoms with E-state index in [1.807, 2.05) is 18.2 Å². The number of anilines is 2. The van der Waals surface area contributed by atoms with Crippen LogP contribution in [0.2, 0.25) is 0 Å². The van der Waals surface area contributed by atoms with Gasteiger partial charge in [-0.15, -0.1) is 0 Å². The number of para-hydroxylation sites is 1. The van der Waals surface area contributed by atoms with Crippen molar-refractivity contribution in [1.82, 2.24) is 0 Å². The summed E-state index contributed by atoms with van der Waals surface area (Å²) in [5.41, 5.74) is 3.70. The van der Waals surface area contributed by atoms with Crippen molar-refractivity contribution in [3.05, 3.63) is 66.6 Å². The number of unbranched alkanes of at least 4 members (excludes halogenated alkanes) is 2. The van der Waals surface area contributed by atoms with Crippen LogP contribution < -0.4 is 56.7 Å². The van der Waals surface area contributed by atoms with Gasteiger partial charge in [-0.25, -0.2) is 0 Å². The molecule has 0 aliphatic heterocycles. The van der Waals surface area contributed by atoms with Gasteiger partial charge in [0.1, 0.15) is 0 Å². The van der Waals surface area contributed by atoms with Gasteiger partial charge in [0, 0.05) is 11.4 Å². The first-order chi connectivity index (χ1) is 8.88. The summed E-state index contributed by atoms with van der Waals surface area (Å²) in [6.07, 6.45) is 5.79. The van der Waals surface area contributed by atoms with E-state index >= 15 is 0 Å². The van der Waals surface area contributed by atoms with Gasteiger partial charge < -0.3 is 11.7 Å². The fourth-order valence-corrected chi connectivity index (χ4v) is 2.00. The zero-order valence-corrected chi connectivity index (χ0v) is 15.0. The van der Waals surface area contributed by atoms with Crippen molar-refractivity contribution in [2.75, 3.05) is 5.32 Å². The summed E-state index contributed by atoms with van der Waals surface area (Å²) in [6.45, 7) is 2.12. The molecule has 0 amide bonds. The second-order valence-corrected chi connectivity index (χ2v) is 4.49. The zero-order chi connectivity index (χ0) is 12.6. The van der Waals surface area contributed by atoms with Crippen LogP contribution in [-0.4, -0.2) is 0 Å². The van der Waals surface area contributed by atoms with Gasteiger partial charge in [0.15, 0.2) is 0 Å². The van der Waals surface area contributed by atoms with Crippen molar-refractivity contribution in [2.45, 2.75) is 26.2 Å². The molecule has 94 valence electrons. The van der Waals surface area contributed by atoms with Crippen LogP contribution in [0.5, 0.6) is 0 Å². The first kappa shape index (κ1) is 16.9. The van der Waals surface area contributed by atoms with Crippen LogP contribution in [0, 0.1) is 6.42 Å². The molecule has 2 aromatic carbocycles. The number of nitrogens with one attached hydrogen (secondary N) is 1. The van der Waals surface area contributed by atoms with Crippen molar-refractivity contribution in [3.8, 4) is 0 Å². The van der Waals surface area contributed by atoms with Crippen LogP contribution >= 0.6 is 0 Å². The fraction of sp³-hybridized carbons (Fsp3) is 0.235. The predicted octanol–water partition coefficient (Wildman–Crippen LogP) is 1.98. The van der Waals surface area contributed by atoms with Gasteiger partial charge in [-0.2, -0.15) is 13.3 Å². The van der Waals surface area contributed by atoms with Gasteiger partial charge in [-0.3, -0.25) is 0 Å². The Morgan fingerprint density at radius 1 is 0.947 bits per heavy atom. The average molecular weight is 277 g/mol. The van der Waals surface area contributed by atoms with Crippen LogP contribution in [0.1, 0.15) is 25.3 Å². The molecule has 0 radical (unpaired) electrons. The second kappa shape index (κ2) is 9.73. The Labute approximate surface area is 159 Å². The summed E-state index contributed by atoms with van der Waals surface area (Å²) in [5.74, 6) is 0. The maximum absolute atomic E-state index is 3.43. The van der Waals surface area contributed by atoms with Crippen molar-refractivity contribution in [3.63, 3.8) is 0 Å². The number of benzene rings is 2. The largest absolute Gasteiger partial charge is 1.00 e. The van der Waals surface area contributed by atoms with E-state index in [1.54, 1.807) is 0 Å². The third-order valence-corrected chi connectivity index (χ3v) is 2.95. The molecule has 0 aliphatic carbocycles. The van der Waals surface area contributed by atoms with E-state index in [4.69, 9.17) is 0 Å². The first-order valence-corrected chi connectivity index (χ1v) is 6.57. The van der Waals surface area contributed by atoms with Crippen LogP contribution in [-0.2, 0) is 6.42 Å². The first-order valence-electron chi connectivity index (χ1n) is 6.57. The molecule has 0 bridgehead atoms. The summed E-state index contributed by atoms with van der Waals surface area (Å²) in [7, 11) is 0. The van der Waals surface area contributed by atoms with E-state index in [2.05, 4.69) is 55.1 Å². The van der Waals surface area contributed by atoms with E-state index < -0.39 is 0 Å². The molecule has 0 saturated heterocycles. The SMILES string of the molecule is C[CH-]CCCc1cccc(Nc2ccccc2)c1.[K+]. The van der Waals surface area contributed by atoms with Crippen molar-refractivity contribution >= 4 is 11.4 Å². The molecule has 1 N–H and O–H groups in total. The van der Waals surface area contributed by atoms with Crippen molar-refractivity contribution < 1.29 is 51.4 Å². The molecule has 0 spiro atoms. The zero-order valence-electron chi connectivity index (χ0n) is 11.9. The summed E-state index contributed by atoms with van der Waals surface area (Å²) in [4.78, 5) is 0. The Kier molecular flexibility index (Phi) is 8.67. The molecule has 0 fully saturated rings. The van der Waals surface area contributed by atoms with Gasteiger partial charge >= 0.3 is 51.4 Å². The normalized spacial score (nSPS) is 9.74. The molecule has 2 rings (SSSR count). The monoisotopic (exact) mass is 277 g/mol. The maximum atomic E-state index is 3.43. The molecule has 2 heteroatoms. The second-order valence-electron chi connectivity index (χ2n) is 4.49. The van der Waals surface area contributed by atoms with E-state index in [0.29, 0.717) is 0 Å². The summed E-state index contributed by atoms with van der Waals surface area (Å²) >= 11 is 0. The quantitative estimate of drug-likeness (QED) is 0.484. The van der Waals surface area contributed by atoms with Gasteiger partial charge in [0.2, 0.25) is 0 Å². The topological polar surface area (TPSA) is 12.0 Å². The van der Waals surface area contributed by atoms with Gasteiger partial charge in [0.25, 0.3) is 0 Å². The number of aryl methyl sites for hydroxylation is 1. The molecule has 0 aliphatic rings. The number of hydrogen-bond acceptors (Lipinski definition) is 1. The molecule has 0 aromatic heterocycles. The van der Waals surface area contributed by atoms with E-state index in [1.165, 1.54) is 24.1 Å². The molecule has 0 saturated carbocycles. The average Bonchev–Trinajstić information content (AvgIpc) is 2.41. The van der Waals surface area contributed by atoms with Gasteiger partial charge in [0.05, 0.1) is 0 Å². The van der Waals surface area contributed by atoms with Crippen LogP contribution in [0.3, 0.4) is 0 Å². The Morgan fingerprint density at radius 2 is 1.68 bits per heavy atom. The molecule has 0 atom stereocenters. The smallest absolute Gasteiger partial charge is 0.356 e. The Balaban J connectivity index is 0.00000180. The van der Waals surface area contributed by atoms with Crippen LogP contribution in [0.15, 0.2) is 54.6 Å². The predicted molar refractivity (Wildman–Crippen MR) is 79.1 cm³/mol. The molecule has 0 heterocycles. The molecule has 19 heavy (non-hydrogen) atoms. The summed E-state index contributed by atoms with van der Waals surface area (Å²) in [6, 6.07) is 19.0. The van der Waals surface area contributed by atoms with Crippen LogP contribution in [0.25, 0.3) is 0 Å². The standard InChI is InChI=1S/C17H20N.K/c1-2-3-5-9-15-10-8-13-17(14-15)18-16-11-6-4-7-12-16;/h2,4,6-8,10-14,18H,3,5,9H2,1H3;/q-1;+1. The molecular formula is C17H20KN. The van der Waals surface area contributed by atoms with Crippen molar-refractivity contribution in [2.24, 2.45) is 0 Å². The third kappa shape index (κ3) is 6.24. The van der Waals surface area contributed by atoms with E-state index in [0.717, 1.165) is 12.1 Å². The van der Waals surface area contributed by atoms with Gasteiger partial charge in [-0.05, 0) is 36.2 Å². The van der Waals surface area contributed by atoms with Crippen molar-refractivity contribution in [1.29, 1.82) is 0 Å². The maximum Gasteiger partial charge on any atom is 1.00 e.